The summed E-state index contributed by atoms with van der Waals surface area (Å²) in [4.78, 5) is 25.0. The molecule has 0 radical (unpaired) electrons. The molecule has 3 atom stereocenters. The number of rotatable bonds is 4. The van der Waals surface area contributed by atoms with E-state index in [1.807, 2.05) is 4.90 Å². The molecule has 2 aliphatic rings. The zero-order valence-corrected chi connectivity index (χ0v) is 12.3. The van der Waals surface area contributed by atoms with E-state index in [1.165, 1.54) is 6.42 Å². The molecule has 114 valence electrons. The Balaban J connectivity index is 1.86. The summed E-state index contributed by atoms with van der Waals surface area (Å²) >= 11 is 0. The molecule has 0 aromatic heterocycles. The molecule has 0 spiro atoms. The Kier molecular flexibility index (Phi) is 5.26. The zero-order chi connectivity index (χ0) is 14.5. The lowest BCUT2D eigenvalue weighted by atomic mass is 9.98. The standard InChI is InChI=1S/C15H26N2O3/c1-11-5-6-12(10-11)16-15(20)17-9-3-2-4-13(17)7-8-14(18)19/h11-13H,2-10H2,1H3,(H,16,20)(H,18,19). The molecule has 3 unspecified atom stereocenters. The van der Waals surface area contributed by atoms with Crippen molar-refractivity contribution < 1.29 is 14.7 Å². The van der Waals surface area contributed by atoms with Crippen LogP contribution in [0.5, 0.6) is 0 Å². The highest BCUT2D eigenvalue weighted by Gasteiger charge is 2.30. The number of urea groups is 1. The minimum Gasteiger partial charge on any atom is -0.481 e. The van der Waals surface area contributed by atoms with E-state index in [0.717, 1.165) is 38.6 Å². The van der Waals surface area contributed by atoms with Gasteiger partial charge in [-0.2, -0.15) is 0 Å². The van der Waals surface area contributed by atoms with Gasteiger partial charge >= 0.3 is 12.0 Å². The number of hydrogen-bond donors (Lipinski definition) is 2. The van der Waals surface area contributed by atoms with Gasteiger partial charge in [0.05, 0.1) is 0 Å². The van der Waals surface area contributed by atoms with Crippen molar-refractivity contribution in [2.24, 2.45) is 5.92 Å². The summed E-state index contributed by atoms with van der Waals surface area (Å²) in [5.74, 6) is -0.0787. The fourth-order valence-electron chi connectivity index (χ4n) is 3.45. The highest BCUT2D eigenvalue weighted by Crippen LogP contribution is 2.26. The number of nitrogens with one attached hydrogen (secondary N) is 1. The van der Waals surface area contributed by atoms with Crippen LogP contribution in [-0.2, 0) is 4.79 Å². The van der Waals surface area contributed by atoms with Crippen LogP contribution < -0.4 is 5.32 Å². The first-order valence-electron chi connectivity index (χ1n) is 7.85. The van der Waals surface area contributed by atoms with Crippen molar-refractivity contribution in [2.45, 2.75) is 70.4 Å². The van der Waals surface area contributed by atoms with Gasteiger partial charge in [-0.15, -0.1) is 0 Å². The quantitative estimate of drug-likeness (QED) is 0.832. The molecule has 0 aromatic rings. The van der Waals surface area contributed by atoms with Gasteiger partial charge in [0.1, 0.15) is 0 Å². The predicted molar refractivity (Wildman–Crippen MR) is 76.5 cm³/mol. The van der Waals surface area contributed by atoms with E-state index in [2.05, 4.69) is 12.2 Å². The second kappa shape index (κ2) is 6.95. The SMILES string of the molecule is CC1CCC(NC(=O)N2CCCCC2CCC(=O)O)C1. The topological polar surface area (TPSA) is 69.6 Å². The highest BCUT2D eigenvalue weighted by molar-refractivity contribution is 5.75. The monoisotopic (exact) mass is 282 g/mol. The highest BCUT2D eigenvalue weighted by atomic mass is 16.4. The van der Waals surface area contributed by atoms with Crippen molar-refractivity contribution in [3.8, 4) is 0 Å². The molecule has 5 heteroatoms. The molecule has 2 N–H and O–H groups in total. The predicted octanol–water partition coefficient (Wildman–Crippen LogP) is 2.60. The Labute approximate surface area is 120 Å². The van der Waals surface area contributed by atoms with Crippen LogP contribution >= 0.6 is 0 Å². The lowest BCUT2D eigenvalue weighted by Crippen LogP contribution is -2.51. The van der Waals surface area contributed by atoms with E-state index < -0.39 is 5.97 Å². The summed E-state index contributed by atoms with van der Waals surface area (Å²) < 4.78 is 0. The second-order valence-corrected chi connectivity index (χ2v) is 6.34. The number of nitrogens with zero attached hydrogens (tertiary/aromatic N) is 1. The number of hydrogen-bond acceptors (Lipinski definition) is 2. The van der Waals surface area contributed by atoms with Crippen LogP contribution in [0, 0.1) is 5.92 Å². The fourth-order valence-corrected chi connectivity index (χ4v) is 3.45. The van der Waals surface area contributed by atoms with E-state index in [9.17, 15) is 9.59 Å². The van der Waals surface area contributed by atoms with Crippen molar-refractivity contribution in [1.29, 1.82) is 0 Å². The number of carbonyl (C=O) groups is 2. The van der Waals surface area contributed by atoms with Crippen LogP contribution in [0.2, 0.25) is 0 Å². The molecule has 1 aliphatic carbocycles. The van der Waals surface area contributed by atoms with Crippen molar-refractivity contribution in [3.05, 3.63) is 0 Å². The van der Waals surface area contributed by atoms with Gasteiger partial charge in [-0.3, -0.25) is 4.79 Å². The molecule has 1 aliphatic heterocycles. The summed E-state index contributed by atoms with van der Waals surface area (Å²) in [5, 5.41) is 11.9. The van der Waals surface area contributed by atoms with Gasteiger partial charge in [-0.05, 0) is 50.9 Å². The molecule has 1 saturated carbocycles. The lowest BCUT2D eigenvalue weighted by Gasteiger charge is -2.36. The van der Waals surface area contributed by atoms with Gasteiger partial charge in [-0.25, -0.2) is 4.79 Å². The number of carbonyl (C=O) groups excluding carboxylic acids is 1. The van der Waals surface area contributed by atoms with E-state index in [-0.39, 0.29) is 18.5 Å². The van der Waals surface area contributed by atoms with E-state index in [0.29, 0.717) is 18.4 Å². The maximum Gasteiger partial charge on any atom is 0.317 e. The lowest BCUT2D eigenvalue weighted by molar-refractivity contribution is -0.137. The van der Waals surface area contributed by atoms with Crippen LogP contribution in [0.3, 0.4) is 0 Å². The Bertz CT molecular complexity index is 359. The van der Waals surface area contributed by atoms with Crippen molar-refractivity contribution in [1.82, 2.24) is 10.2 Å². The Hall–Kier alpha value is -1.26. The normalized spacial score (nSPS) is 30.2. The first-order chi connectivity index (χ1) is 9.56. The summed E-state index contributed by atoms with van der Waals surface area (Å²) in [6, 6.07) is 0.414. The zero-order valence-electron chi connectivity index (χ0n) is 12.3. The molecule has 2 rings (SSSR count). The maximum atomic E-state index is 12.4. The maximum absolute atomic E-state index is 12.4. The average molecular weight is 282 g/mol. The molecule has 0 aromatic carbocycles. The number of likely N-dealkylation sites (tertiary alicyclic amines) is 1. The third-order valence-electron chi connectivity index (χ3n) is 4.60. The van der Waals surface area contributed by atoms with Gasteiger partial charge in [0.2, 0.25) is 0 Å². The van der Waals surface area contributed by atoms with E-state index in [4.69, 9.17) is 5.11 Å². The molecular weight excluding hydrogens is 256 g/mol. The third kappa shape index (κ3) is 4.12. The molecule has 0 bridgehead atoms. The van der Waals surface area contributed by atoms with Gasteiger partial charge in [0.25, 0.3) is 0 Å². The number of piperidine rings is 1. The van der Waals surface area contributed by atoms with Crippen LogP contribution in [-0.4, -0.2) is 40.6 Å². The molecule has 20 heavy (non-hydrogen) atoms. The Morgan fingerprint density at radius 1 is 1.25 bits per heavy atom. The van der Waals surface area contributed by atoms with Crippen LogP contribution in [0.1, 0.15) is 58.3 Å². The van der Waals surface area contributed by atoms with Gasteiger partial charge in [0.15, 0.2) is 0 Å². The summed E-state index contributed by atoms with van der Waals surface area (Å²) in [6.45, 7) is 2.99. The minimum atomic E-state index is -0.777. The summed E-state index contributed by atoms with van der Waals surface area (Å²) in [5.41, 5.74) is 0. The molecule has 5 nitrogen and oxygen atoms in total. The second-order valence-electron chi connectivity index (χ2n) is 6.34. The largest absolute Gasteiger partial charge is 0.481 e. The number of carboxylic acids is 1. The van der Waals surface area contributed by atoms with Gasteiger partial charge in [0, 0.05) is 25.0 Å². The average Bonchev–Trinajstić information content (AvgIpc) is 2.82. The molecule has 2 fully saturated rings. The molecule has 2 amide bonds. The van der Waals surface area contributed by atoms with Gasteiger partial charge < -0.3 is 15.3 Å². The fraction of sp³-hybridized carbons (Fsp3) is 0.867. The Morgan fingerprint density at radius 3 is 2.70 bits per heavy atom. The molecular formula is C15H26N2O3. The van der Waals surface area contributed by atoms with Crippen LogP contribution in [0.4, 0.5) is 4.79 Å². The Morgan fingerprint density at radius 2 is 2.05 bits per heavy atom. The van der Waals surface area contributed by atoms with Crippen molar-refractivity contribution >= 4 is 12.0 Å². The number of aliphatic carboxylic acids is 1. The van der Waals surface area contributed by atoms with Crippen LogP contribution in [0.15, 0.2) is 0 Å². The van der Waals surface area contributed by atoms with E-state index >= 15 is 0 Å². The first kappa shape index (κ1) is 15.1. The minimum absolute atomic E-state index is 0.0131. The first-order valence-corrected chi connectivity index (χ1v) is 7.85. The number of carboxylic acid groups (broad SMARTS) is 1. The van der Waals surface area contributed by atoms with Crippen molar-refractivity contribution in [2.75, 3.05) is 6.54 Å². The third-order valence-corrected chi connectivity index (χ3v) is 4.60. The number of amides is 2. The van der Waals surface area contributed by atoms with Crippen LogP contribution in [0.25, 0.3) is 0 Å². The summed E-state index contributed by atoms with van der Waals surface area (Å²) in [7, 11) is 0. The molecule has 1 saturated heterocycles. The smallest absolute Gasteiger partial charge is 0.317 e. The summed E-state index contributed by atoms with van der Waals surface area (Å²) in [6.07, 6.45) is 7.10. The van der Waals surface area contributed by atoms with Gasteiger partial charge in [-0.1, -0.05) is 6.92 Å². The van der Waals surface area contributed by atoms with Crippen molar-refractivity contribution in [3.63, 3.8) is 0 Å². The van der Waals surface area contributed by atoms with E-state index in [1.54, 1.807) is 0 Å². The molecule has 1 heterocycles.